The molecule has 1 saturated heterocycles. The first-order valence-electron chi connectivity index (χ1n) is 18.2. The highest BCUT2D eigenvalue weighted by Gasteiger charge is 2.30. The third-order valence-electron chi connectivity index (χ3n) is 10.1. The van der Waals surface area contributed by atoms with Crippen molar-refractivity contribution in [2.75, 3.05) is 23.3 Å². The average molecular weight is 771 g/mol. The molecule has 11 heteroatoms. The predicted molar refractivity (Wildman–Crippen MR) is 223 cm³/mol. The average Bonchev–Trinajstić information content (AvgIpc) is 3.59. The summed E-state index contributed by atoms with van der Waals surface area (Å²) in [7, 11) is 0. The third kappa shape index (κ3) is 8.13. The standard InChI is InChI=1S/C44H41Cl2N7O2/c1-4-53(29(3)31-12-14-33(45)15-13-31)41(28(2)30-9-6-5-7-10-30)39-36-17-16-34(46)27-38(36)50-40(39)44(55)51-37-11-8-22-48-42(37)52-25-20-35(21-26-52)49-43(54)32-18-23-47-24-19-32/h4-19,22-24,27,29,35,50H,1,20-21,25-26H2,2-3H3,(H,49,54)(H,51,55)/b41-28+. The lowest BCUT2D eigenvalue weighted by molar-refractivity contribution is 0.0930. The molecule has 1 aliphatic heterocycles. The maximum absolute atomic E-state index is 14.7. The van der Waals surface area contributed by atoms with E-state index in [1.54, 1.807) is 36.9 Å². The fourth-order valence-electron chi connectivity index (χ4n) is 7.21. The maximum Gasteiger partial charge on any atom is 0.272 e. The number of amides is 2. The highest BCUT2D eigenvalue weighted by molar-refractivity contribution is 6.31. The summed E-state index contributed by atoms with van der Waals surface area (Å²) in [6.07, 6.45) is 8.21. The monoisotopic (exact) mass is 769 g/mol. The lowest BCUT2D eigenvalue weighted by Gasteiger charge is -2.34. The lowest BCUT2D eigenvalue weighted by Crippen LogP contribution is -2.45. The second-order valence-corrected chi connectivity index (χ2v) is 14.4. The zero-order valence-electron chi connectivity index (χ0n) is 30.6. The van der Waals surface area contributed by atoms with Crippen molar-refractivity contribution in [1.29, 1.82) is 0 Å². The van der Waals surface area contributed by atoms with E-state index in [4.69, 9.17) is 28.2 Å². The second-order valence-electron chi connectivity index (χ2n) is 13.5. The molecular formula is C44H41Cl2N7O2. The van der Waals surface area contributed by atoms with Gasteiger partial charge in [-0.1, -0.05) is 78.3 Å². The number of pyridine rings is 2. The van der Waals surface area contributed by atoms with Gasteiger partial charge in [-0.2, -0.15) is 0 Å². The van der Waals surface area contributed by atoms with Gasteiger partial charge in [0.05, 0.1) is 17.4 Å². The number of hydrogen-bond acceptors (Lipinski definition) is 6. The molecule has 1 aliphatic rings. The van der Waals surface area contributed by atoms with E-state index in [2.05, 4.69) is 63.0 Å². The number of halogens is 2. The molecule has 9 nitrogen and oxygen atoms in total. The van der Waals surface area contributed by atoms with Crippen molar-refractivity contribution in [2.45, 2.75) is 38.8 Å². The van der Waals surface area contributed by atoms with Gasteiger partial charge in [-0.15, -0.1) is 0 Å². The second kappa shape index (κ2) is 16.6. The first kappa shape index (κ1) is 37.4. The molecule has 3 aromatic heterocycles. The van der Waals surface area contributed by atoms with Crippen LogP contribution in [0.15, 0.2) is 128 Å². The summed E-state index contributed by atoms with van der Waals surface area (Å²) >= 11 is 12.8. The van der Waals surface area contributed by atoms with Crippen LogP contribution in [-0.2, 0) is 0 Å². The molecule has 55 heavy (non-hydrogen) atoms. The van der Waals surface area contributed by atoms with E-state index in [0.29, 0.717) is 51.5 Å². The van der Waals surface area contributed by atoms with Gasteiger partial charge < -0.3 is 25.4 Å². The van der Waals surface area contributed by atoms with Crippen molar-refractivity contribution in [3.8, 4) is 0 Å². The predicted octanol–water partition coefficient (Wildman–Crippen LogP) is 10.0. The van der Waals surface area contributed by atoms with Crippen LogP contribution >= 0.6 is 23.2 Å². The summed E-state index contributed by atoms with van der Waals surface area (Å²) in [5.41, 5.74) is 6.74. The van der Waals surface area contributed by atoms with Gasteiger partial charge in [0.1, 0.15) is 5.69 Å². The summed E-state index contributed by atoms with van der Waals surface area (Å²) in [5.74, 6) is 0.212. The van der Waals surface area contributed by atoms with Gasteiger partial charge in [0, 0.05) is 69.8 Å². The molecule has 3 N–H and O–H groups in total. The van der Waals surface area contributed by atoms with Gasteiger partial charge in [0.15, 0.2) is 5.82 Å². The first-order chi connectivity index (χ1) is 26.7. The molecule has 1 fully saturated rings. The van der Waals surface area contributed by atoms with Crippen LogP contribution < -0.4 is 15.5 Å². The number of carbonyl (C=O) groups excluding carboxylic acids is 2. The molecule has 0 radical (unpaired) electrons. The lowest BCUT2D eigenvalue weighted by atomic mass is 9.95. The molecule has 1 unspecified atom stereocenters. The number of anilines is 2. The molecular weight excluding hydrogens is 729 g/mol. The first-order valence-corrected chi connectivity index (χ1v) is 18.9. The minimum atomic E-state index is -0.336. The number of hydrogen-bond donors (Lipinski definition) is 3. The Balaban J connectivity index is 1.24. The zero-order valence-corrected chi connectivity index (χ0v) is 32.1. The number of allylic oxidation sites excluding steroid dienone is 1. The van der Waals surface area contributed by atoms with E-state index >= 15 is 0 Å². The Bertz CT molecular complexity index is 2350. The van der Waals surface area contributed by atoms with E-state index in [9.17, 15) is 9.59 Å². The molecule has 278 valence electrons. The molecule has 2 amide bonds. The number of piperidine rings is 1. The highest BCUT2D eigenvalue weighted by Crippen LogP contribution is 2.41. The van der Waals surface area contributed by atoms with Crippen LogP contribution in [0.1, 0.15) is 70.3 Å². The zero-order chi connectivity index (χ0) is 38.5. The molecule has 0 saturated carbocycles. The number of H-pyrrole nitrogens is 1. The van der Waals surface area contributed by atoms with Crippen molar-refractivity contribution >= 4 is 68.7 Å². The quantitative estimate of drug-likeness (QED) is 0.121. The van der Waals surface area contributed by atoms with E-state index in [0.717, 1.165) is 46.1 Å². The number of rotatable bonds is 11. The van der Waals surface area contributed by atoms with Crippen LogP contribution in [0.25, 0.3) is 22.2 Å². The number of nitrogens with zero attached hydrogens (tertiary/aromatic N) is 4. The SMILES string of the molecule is C=CN(/C(=C(\C)c1ccccc1)c1c(C(=O)Nc2cccnc2N2CCC(NC(=O)c3ccncc3)CC2)[nH]c2cc(Cl)ccc12)C(C)c1ccc(Cl)cc1. The molecule has 6 aromatic rings. The van der Waals surface area contributed by atoms with E-state index in [-0.39, 0.29) is 23.9 Å². The Morgan fingerprint density at radius 3 is 2.31 bits per heavy atom. The minimum Gasteiger partial charge on any atom is -0.355 e. The van der Waals surface area contributed by atoms with Crippen molar-refractivity contribution in [3.05, 3.63) is 166 Å². The summed E-state index contributed by atoms with van der Waals surface area (Å²) in [6, 6.07) is 30.4. The number of nitrogens with one attached hydrogen (secondary N) is 3. The number of aromatic nitrogens is 3. The summed E-state index contributed by atoms with van der Waals surface area (Å²) in [4.78, 5) is 43.9. The van der Waals surface area contributed by atoms with E-state index in [1.807, 2.05) is 72.8 Å². The fourth-order valence-corrected chi connectivity index (χ4v) is 7.50. The maximum atomic E-state index is 14.7. The summed E-state index contributed by atoms with van der Waals surface area (Å²) < 4.78 is 0. The molecule has 4 heterocycles. The van der Waals surface area contributed by atoms with Gasteiger partial charge in [0.2, 0.25) is 0 Å². The normalized spacial score (nSPS) is 14.2. The van der Waals surface area contributed by atoms with Crippen LogP contribution in [0.4, 0.5) is 11.5 Å². The smallest absolute Gasteiger partial charge is 0.272 e. The largest absolute Gasteiger partial charge is 0.355 e. The molecule has 0 spiro atoms. The van der Waals surface area contributed by atoms with Gasteiger partial charge in [-0.3, -0.25) is 14.6 Å². The summed E-state index contributed by atoms with van der Waals surface area (Å²) in [6.45, 7) is 9.73. The Morgan fingerprint density at radius 2 is 1.60 bits per heavy atom. The Hall–Kier alpha value is -5.90. The fraction of sp³-hybridized carbons (Fsp3) is 0.182. The van der Waals surface area contributed by atoms with Crippen LogP contribution in [0.5, 0.6) is 0 Å². The highest BCUT2D eigenvalue weighted by atomic mass is 35.5. The molecule has 0 aliphatic carbocycles. The van der Waals surface area contributed by atoms with Gasteiger partial charge >= 0.3 is 0 Å². The van der Waals surface area contributed by atoms with Crippen molar-refractivity contribution in [1.82, 2.24) is 25.2 Å². The Kier molecular flexibility index (Phi) is 11.3. The number of fused-ring (bicyclic) bond motifs is 1. The van der Waals surface area contributed by atoms with E-state index in [1.165, 1.54) is 0 Å². The van der Waals surface area contributed by atoms with Crippen molar-refractivity contribution in [2.24, 2.45) is 0 Å². The van der Waals surface area contributed by atoms with Crippen LogP contribution in [0, 0.1) is 0 Å². The van der Waals surface area contributed by atoms with Crippen LogP contribution in [-0.4, -0.2) is 50.8 Å². The number of benzene rings is 3. The third-order valence-corrected chi connectivity index (χ3v) is 10.6. The van der Waals surface area contributed by atoms with Crippen LogP contribution in [0.2, 0.25) is 10.0 Å². The summed E-state index contributed by atoms with van der Waals surface area (Å²) in [5, 5.41) is 8.37. The van der Waals surface area contributed by atoms with Crippen molar-refractivity contribution < 1.29 is 9.59 Å². The Labute approximate surface area is 330 Å². The molecule has 0 bridgehead atoms. The molecule has 7 rings (SSSR count). The number of carbonyl (C=O) groups is 2. The Morgan fingerprint density at radius 1 is 0.891 bits per heavy atom. The minimum absolute atomic E-state index is 0.0144. The number of aromatic amines is 1. The van der Waals surface area contributed by atoms with Crippen LogP contribution in [0.3, 0.4) is 0 Å². The molecule has 1 atom stereocenters. The van der Waals surface area contributed by atoms with E-state index < -0.39 is 0 Å². The van der Waals surface area contributed by atoms with Gasteiger partial charge in [0.25, 0.3) is 11.8 Å². The molecule has 3 aromatic carbocycles. The van der Waals surface area contributed by atoms with Gasteiger partial charge in [-0.05, 0) is 98.1 Å². The van der Waals surface area contributed by atoms with Gasteiger partial charge in [-0.25, -0.2) is 4.98 Å². The topological polar surface area (TPSA) is 106 Å². The van der Waals surface area contributed by atoms with Crippen molar-refractivity contribution in [3.63, 3.8) is 0 Å².